The van der Waals surface area contributed by atoms with Crippen LogP contribution in [0.4, 0.5) is 0 Å². The van der Waals surface area contributed by atoms with E-state index in [1.54, 1.807) is 0 Å². The standard InChI is InChI=1S/C15H21NO2S/c1-11-13(9-6-10-19-11)16-14(15(17)18-2)12-7-4-3-5-8-12/h3-5,7-8,11,13-14,16H,6,9-10H2,1-2H3. The molecule has 1 heterocycles. The minimum absolute atomic E-state index is 0.214. The molecule has 1 aromatic carbocycles. The molecule has 0 bridgehead atoms. The number of ether oxygens (including phenoxy) is 1. The van der Waals surface area contributed by atoms with Crippen molar-refractivity contribution in [1.82, 2.24) is 5.32 Å². The van der Waals surface area contributed by atoms with Crippen LogP contribution in [0.25, 0.3) is 0 Å². The van der Waals surface area contributed by atoms with Crippen molar-refractivity contribution >= 4 is 17.7 Å². The zero-order valence-corrected chi connectivity index (χ0v) is 12.3. The Morgan fingerprint density at radius 2 is 2.16 bits per heavy atom. The van der Waals surface area contributed by atoms with Gasteiger partial charge in [-0.2, -0.15) is 11.8 Å². The van der Waals surface area contributed by atoms with E-state index in [4.69, 9.17) is 4.74 Å². The van der Waals surface area contributed by atoms with E-state index in [1.807, 2.05) is 42.1 Å². The van der Waals surface area contributed by atoms with Gasteiger partial charge in [0.2, 0.25) is 0 Å². The average Bonchev–Trinajstić information content (AvgIpc) is 2.46. The van der Waals surface area contributed by atoms with Crippen LogP contribution in [0.15, 0.2) is 30.3 Å². The highest BCUT2D eigenvalue weighted by molar-refractivity contribution is 7.99. The Balaban J connectivity index is 2.12. The molecule has 4 heteroatoms. The van der Waals surface area contributed by atoms with E-state index in [0.29, 0.717) is 11.3 Å². The molecule has 1 aliphatic rings. The van der Waals surface area contributed by atoms with Crippen LogP contribution in [-0.2, 0) is 9.53 Å². The number of carbonyl (C=O) groups is 1. The molecule has 3 atom stereocenters. The summed E-state index contributed by atoms with van der Waals surface area (Å²) in [6.07, 6.45) is 2.32. The van der Waals surface area contributed by atoms with E-state index in [2.05, 4.69) is 12.2 Å². The molecule has 0 amide bonds. The van der Waals surface area contributed by atoms with Crippen LogP contribution in [0.1, 0.15) is 31.4 Å². The molecule has 1 aromatic rings. The molecule has 1 fully saturated rings. The van der Waals surface area contributed by atoms with Gasteiger partial charge in [0.1, 0.15) is 6.04 Å². The number of carbonyl (C=O) groups excluding carboxylic acids is 1. The molecule has 3 unspecified atom stereocenters. The molecule has 0 saturated carbocycles. The largest absolute Gasteiger partial charge is 0.468 e. The van der Waals surface area contributed by atoms with Crippen molar-refractivity contribution in [2.24, 2.45) is 0 Å². The van der Waals surface area contributed by atoms with Crippen LogP contribution in [0.5, 0.6) is 0 Å². The van der Waals surface area contributed by atoms with Gasteiger partial charge in [0, 0.05) is 11.3 Å². The van der Waals surface area contributed by atoms with Crippen LogP contribution < -0.4 is 5.32 Å². The molecule has 1 saturated heterocycles. The first-order chi connectivity index (χ1) is 9.22. The summed E-state index contributed by atoms with van der Waals surface area (Å²) in [7, 11) is 1.44. The summed E-state index contributed by atoms with van der Waals surface area (Å²) in [6.45, 7) is 2.22. The second-order valence-electron chi connectivity index (χ2n) is 4.86. The Bertz CT molecular complexity index is 410. The molecule has 19 heavy (non-hydrogen) atoms. The highest BCUT2D eigenvalue weighted by atomic mass is 32.2. The number of rotatable bonds is 4. The highest BCUT2D eigenvalue weighted by Gasteiger charge is 2.29. The van der Waals surface area contributed by atoms with E-state index in [0.717, 1.165) is 12.0 Å². The molecule has 104 valence electrons. The van der Waals surface area contributed by atoms with E-state index in [-0.39, 0.29) is 12.0 Å². The van der Waals surface area contributed by atoms with E-state index in [1.165, 1.54) is 19.3 Å². The Hall–Kier alpha value is -1.00. The van der Waals surface area contributed by atoms with E-state index >= 15 is 0 Å². The minimum atomic E-state index is -0.364. The Morgan fingerprint density at radius 3 is 2.79 bits per heavy atom. The van der Waals surface area contributed by atoms with Gasteiger partial charge in [-0.15, -0.1) is 0 Å². The third kappa shape index (κ3) is 3.74. The molecule has 0 spiro atoms. The summed E-state index contributed by atoms with van der Waals surface area (Å²) in [6, 6.07) is 9.79. The van der Waals surface area contributed by atoms with Crippen molar-refractivity contribution in [2.45, 2.75) is 37.1 Å². The Labute approximate surface area is 119 Å². The predicted octanol–water partition coefficient (Wildman–Crippen LogP) is 2.77. The van der Waals surface area contributed by atoms with E-state index in [9.17, 15) is 4.79 Å². The van der Waals surface area contributed by atoms with Gasteiger partial charge in [-0.1, -0.05) is 37.3 Å². The molecule has 1 aliphatic heterocycles. The van der Waals surface area contributed by atoms with Crippen molar-refractivity contribution < 1.29 is 9.53 Å². The third-order valence-corrected chi connectivity index (χ3v) is 4.94. The van der Waals surface area contributed by atoms with Crippen LogP contribution >= 0.6 is 11.8 Å². The van der Waals surface area contributed by atoms with Gasteiger partial charge in [-0.25, -0.2) is 4.79 Å². The van der Waals surface area contributed by atoms with Gasteiger partial charge < -0.3 is 4.74 Å². The lowest BCUT2D eigenvalue weighted by atomic mass is 10.0. The van der Waals surface area contributed by atoms with Crippen molar-refractivity contribution in [3.8, 4) is 0 Å². The average molecular weight is 279 g/mol. The van der Waals surface area contributed by atoms with Gasteiger partial charge in [-0.3, -0.25) is 5.32 Å². The lowest BCUT2D eigenvalue weighted by Crippen LogP contribution is -2.44. The first kappa shape index (κ1) is 14.4. The molecular weight excluding hydrogens is 258 g/mol. The molecule has 0 radical (unpaired) electrons. The van der Waals surface area contributed by atoms with Crippen molar-refractivity contribution in [3.63, 3.8) is 0 Å². The molecule has 2 rings (SSSR count). The van der Waals surface area contributed by atoms with Gasteiger partial charge >= 0.3 is 5.97 Å². The van der Waals surface area contributed by atoms with Gasteiger partial charge in [0.05, 0.1) is 7.11 Å². The van der Waals surface area contributed by atoms with Crippen LogP contribution in [0, 0.1) is 0 Å². The maximum Gasteiger partial charge on any atom is 0.327 e. The Kier molecular flexibility index (Phi) is 5.28. The molecule has 0 aliphatic carbocycles. The topological polar surface area (TPSA) is 38.3 Å². The Morgan fingerprint density at radius 1 is 1.42 bits per heavy atom. The number of thioether (sulfide) groups is 1. The zero-order chi connectivity index (χ0) is 13.7. The first-order valence-electron chi connectivity index (χ1n) is 6.73. The summed E-state index contributed by atoms with van der Waals surface area (Å²) in [5.41, 5.74) is 0.970. The summed E-state index contributed by atoms with van der Waals surface area (Å²) >= 11 is 1.97. The fourth-order valence-electron chi connectivity index (χ4n) is 2.42. The quantitative estimate of drug-likeness (QED) is 0.860. The third-order valence-electron chi connectivity index (χ3n) is 3.56. The summed E-state index contributed by atoms with van der Waals surface area (Å²) < 4.78 is 4.94. The number of benzene rings is 1. The fourth-order valence-corrected chi connectivity index (χ4v) is 3.57. The predicted molar refractivity (Wildman–Crippen MR) is 79.3 cm³/mol. The number of esters is 1. The number of hydrogen-bond acceptors (Lipinski definition) is 4. The second-order valence-corrected chi connectivity index (χ2v) is 6.34. The van der Waals surface area contributed by atoms with Gasteiger partial charge in [0.25, 0.3) is 0 Å². The summed E-state index contributed by atoms with van der Waals surface area (Å²) in [4.78, 5) is 12.0. The number of methoxy groups -OCH3 is 1. The fraction of sp³-hybridized carbons (Fsp3) is 0.533. The normalized spacial score (nSPS) is 24.7. The lowest BCUT2D eigenvalue weighted by Gasteiger charge is -2.32. The number of nitrogens with one attached hydrogen (secondary N) is 1. The smallest absolute Gasteiger partial charge is 0.327 e. The highest BCUT2D eigenvalue weighted by Crippen LogP contribution is 2.27. The molecule has 0 aromatic heterocycles. The maximum atomic E-state index is 12.0. The first-order valence-corrected chi connectivity index (χ1v) is 7.77. The van der Waals surface area contributed by atoms with Gasteiger partial charge in [-0.05, 0) is 24.2 Å². The minimum Gasteiger partial charge on any atom is -0.468 e. The van der Waals surface area contributed by atoms with Crippen LogP contribution in [0.3, 0.4) is 0 Å². The van der Waals surface area contributed by atoms with Crippen LogP contribution in [-0.4, -0.2) is 30.1 Å². The second kappa shape index (κ2) is 6.96. The number of hydrogen-bond donors (Lipinski definition) is 1. The maximum absolute atomic E-state index is 12.0. The summed E-state index contributed by atoms with van der Waals surface area (Å²) in [5.74, 6) is 1.00. The monoisotopic (exact) mass is 279 g/mol. The van der Waals surface area contributed by atoms with E-state index < -0.39 is 0 Å². The van der Waals surface area contributed by atoms with Crippen molar-refractivity contribution in [2.75, 3.05) is 12.9 Å². The van der Waals surface area contributed by atoms with Crippen molar-refractivity contribution in [3.05, 3.63) is 35.9 Å². The molecular formula is C15H21NO2S. The SMILES string of the molecule is COC(=O)C(NC1CCCSC1C)c1ccccc1. The van der Waals surface area contributed by atoms with Crippen LogP contribution in [0.2, 0.25) is 0 Å². The molecule has 1 N–H and O–H groups in total. The molecule has 3 nitrogen and oxygen atoms in total. The van der Waals surface area contributed by atoms with Gasteiger partial charge in [0.15, 0.2) is 0 Å². The lowest BCUT2D eigenvalue weighted by molar-refractivity contribution is -0.143. The summed E-state index contributed by atoms with van der Waals surface area (Å²) in [5, 5.41) is 4.01. The zero-order valence-electron chi connectivity index (χ0n) is 11.5. The van der Waals surface area contributed by atoms with Crippen molar-refractivity contribution in [1.29, 1.82) is 0 Å².